The highest BCUT2D eigenvalue weighted by Crippen LogP contribution is 2.33. The van der Waals surface area contributed by atoms with Crippen LogP contribution in [0.15, 0.2) is 27.1 Å². The molecule has 1 unspecified atom stereocenters. The predicted octanol–water partition coefficient (Wildman–Crippen LogP) is 3.64. The van der Waals surface area contributed by atoms with E-state index in [0.717, 1.165) is 15.6 Å². The number of nitrogens with two attached hydrogens (primary N) is 1. The number of nitrogens with zero attached hydrogens (tertiary/aromatic N) is 1. The zero-order valence-electron chi connectivity index (χ0n) is 9.62. The molecule has 0 aliphatic heterocycles. The molecule has 2 rings (SSSR count). The first-order chi connectivity index (χ1) is 7.39. The Morgan fingerprint density at radius 1 is 1.38 bits per heavy atom. The highest BCUT2D eigenvalue weighted by atomic mass is 79.9. The van der Waals surface area contributed by atoms with Crippen LogP contribution < -0.4 is 5.73 Å². The Morgan fingerprint density at radius 2 is 2.06 bits per heavy atom. The summed E-state index contributed by atoms with van der Waals surface area (Å²) in [7, 11) is 0. The van der Waals surface area contributed by atoms with Crippen molar-refractivity contribution < 1.29 is 4.42 Å². The van der Waals surface area contributed by atoms with Crippen molar-refractivity contribution in [3.63, 3.8) is 0 Å². The summed E-state index contributed by atoms with van der Waals surface area (Å²) < 4.78 is 6.61. The number of halogens is 1. The lowest BCUT2D eigenvalue weighted by Gasteiger charge is -2.23. The van der Waals surface area contributed by atoms with Crippen molar-refractivity contribution in [3.05, 3.63) is 28.6 Å². The maximum absolute atomic E-state index is 6.11. The molecule has 0 aliphatic rings. The molecule has 0 radical (unpaired) electrons. The average molecular weight is 283 g/mol. The van der Waals surface area contributed by atoms with Crippen LogP contribution in [0.25, 0.3) is 11.1 Å². The molecule has 0 fully saturated rings. The zero-order valence-corrected chi connectivity index (χ0v) is 11.2. The zero-order chi connectivity index (χ0) is 11.9. The van der Waals surface area contributed by atoms with E-state index in [0.29, 0.717) is 5.89 Å². The van der Waals surface area contributed by atoms with E-state index in [1.165, 1.54) is 0 Å². The minimum absolute atomic E-state index is 0.0622. The predicted molar refractivity (Wildman–Crippen MR) is 68.1 cm³/mol. The second-order valence-electron chi connectivity index (χ2n) is 4.98. The first-order valence-corrected chi connectivity index (χ1v) is 5.99. The van der Waals surface area contributed by atoms with Crippen molar-refractivity contribution in [1.82, 2.24) is 4.98 Å². The maximum atomic E-state index is 6.11. The number of rotatable bonds is 1. The normalized spacial score (nSPS) is 14.3. The first kappa shape index (κ1) is 11.6. The van der Waals surface area contributed by atoms with E-state index in [9.17, 15) is 0 Å². The summed E-state index contributed by atoms with van der Waals surface area (Å²) in [5, 5.41) is 0. The minimum atomic E-state index is -0.202. The molecule has 2 aromatic rings. The molecule has 2 N–H and O–H groups in total. The van der Waals surface area contributed by atoms with Gasteiger partial charge in [-0.25, -0.2) is 4.98 Å². The quantitative estimate of drug-likeness (QED) is 0.869. The van der Waals surface area contributed by atoms with Crippen LogP contribution >= 0.6 is 15.9 Å². The molecule has 1 heterocycles. The Hall–Kier alpha value is -0.870. The van der Waals surface area contributed by atoms with Crippen LogP contribution in [0, 0.1) is 5.41 Å². The molecular weight excluding hydrogens is 268 g/mol. The Bertz CT molecular complexity index is 513. The molecule has 0 amide bonds. The van der Waals surface area contributed by atoms with E-state index in [-0.39, 0.29) is 11.5 Å². The molecule has 0 spiro atoms. The van der Waals surface area contributed by atoms with E-state index in [4.69, 9.17) is 10.2 Å². The number of hydrogen-bond donors (Lipinski definition) is 1. The third-order valence-electron chi connectivity index (χ3n) is 2.58. The van der Waals surface area contributed by atoms with Crippen LogP contribution in [0.2, 0.25) is 0 Å². The molecule has 1 aromatic heterocycles. The number of fused-ring (bicyclic) bond motifs is 1. The largest absolute Gasteiger partial charge is 0.438 e. The summed E-state index contributed by atoms with van der Waals surface area (Å²) in [6, 6.07) is 5.58. The fraction of sp³-hybridized carbons (Fsp3) is 0.417. The van der Waals surface area contributed by atoms with Gasteiger partial charge >= 0.3 is 0 Å². The minimum Gasteiger partial charge on any atom is -0.438 e. The molecule has 0 bridgehead atoms. The van der Waals surface area contributed by atoms with Crippen molar-refractivity contribution in [3.8, 4) is 0 Å². The van der Waals surface area contributed by atoms with Gasteiger partial charge in [-0.05, 0) is 33.5 Å². The molecule has 16 heavy (non-hydrogen) atoms. The average Bonchev–Trinajstić information content (AvgIpc) is 2.60. The van der Waals surface area contributed by atoms with Crippen molar-refractivity contribution in [2.24, 2.45) is 11.1 Å². The Kier molecular flexibility index (Phi) is 2.80. The van der Waals surface area contributed by atoms with Crippen molar-refractivity contribution in [2.45, 2.75) is 26.8 Å². The second-order valence-corrected chi connectivity index (χ2v) is 5.84. The maximum Gasteiger partial charge on any atom is 0.213 e. The number of para-hydroxylation sites is 1. The molecule has 3 nitrogen and oxygen atoms in total. The summed E-state index contributed by atoms with van der Waals surface area (Å²) in [5.41, 5.74) is 7.65. The van der Waals surface area contributed by atoms with Crippen LogP contribution in [0.3, 0.4) is 0 Å². The SMILES string of the molecule is CC(C)(C)C(N)c1nc2cccc(Br)c2o1. The van der Waals surface area contributed by atoms with Gasteiger partial charge in [-0.15, -0.1) is 0 Å². The van der Waals surface area contributed by atoms with Crippen LogP contribution in [0.4, 0.5) is 0 Å². The highest BCUT2D eigenvalue weighted by Gasteiger charge is 2.27. The third-order valence-corrected chi connectivity index (χ3v) is 3.21. The summed E-state index contributed by atoms with van der Waals surface area (Å²) >= 11 is 3.44. The van der Waals surface area contributed by atoms with E-state index in [1.54, 1.807) is 0 Å². The fourth-order valence-corrected chi connectivity index (χ4v) is 1.87. The summed E-state index contributed by atoms with van der Waals surface area (Å²) in [6.07, 6.45) is 0. The lowest BCUT2D eigenvalue weighted by Crippen LogP contribution is -2.26. The molecule has 4 heteroatoms. The number of oxazole rings is 1. The van der Waals surface area contributed by atoms with E-state index >= 15 is 0 Å². The van der Waals surface area contributed by atoms with Gasteiger partial charge in [0.2, 0.25) is 5.89 Å². The van der Waals surface area contributed by atoms with E-state index in [2.05, 4.69) is 41.7 Å². The topological polar surface area (TPSA) is 52.0 Å². The molecular formula is C12H15BrN2O. The smallest absolute Gasteiger partial charge is 0.213 e. The lowest BCUT2D eigenvalue weighted by molar-refractivity contribution is 0.282. The van der Waals surface area contributed by atoms with Crippen LogP contribution in [0.1, 0.15) is 32.7 Å². The summed E-state index contributed by atoms with van der Waals surface area (Å²) in [5.74, 6) is 0.592. The van der Waals surface area contributed by atoms with Gasteiger partial charge in [0.15, 0.2) is 5.58 Å². The van der Waals surface area contributed by atoms with Gasteiger partial charge < -0.3 is 10.2 Å². The highest BCUT2D eigenvalue weighted by molar-refractivity contribution is 9.10. The Labute approximate surface area is 103 Å². The number of benzene rings is 1. The van der Waals surface area contributed by atoms with Gasteiger partial charge in [0, 0.05) is 0 Å². The molecule has 0 aliphatic carbocycles. The van der Waals surface area contributed by atoms with Gasteiger partial charge in [0.05, 0.1) is 10.5 Å². The van der Waals surface area contributed by atoms with Gasteiger partial charge in [0.1, 0.15) is 5.52 Å². The molecule has 0 saturated carbocycles. The van der Waals surface area contributed by atoms with Crippen LogP contribution in [-0.2, 0) is 0 Å². The van der Waals surface area contributed by atoms with Gasteiger partial charge in [0.25, 0.3) is 0 Å². The van der Waals surface area contributed by atoms with E-state index < -0.39 is 0 Å². The third kappa shape index (κ3) is 1.99. The van der Waals surface area contributed by atoms with Crippen molar-refractivity contribution in [2.75, 3.05) is 0 Å². The molecule has 1 atom stereocenters. The molecule has 0 saturated heterocycles. The fourth-order valence-electron chi connectivity index (χ4n) is 1.44. The van der Waals surface area contributed by atoms with E-state index in [1.807, 2.05) is 18.2 Å². The van der Waals surface area contributed by atoms with Crippen LogP contribution in [-0.4, -0.2) is 4.98 Å². The second kappa shape index (κ2) is 3.86. The lowest BCUT2D eigenvalue weighted by atomic mass is 9.87. The van der Waals surface area contributed by atoms with Crippen molar-refractivity contribution >= 4 is 27.0 Å². The molecule has 86 valence electrons. The first-order valence-electron chi connectivity index (χ1n) is 5.20. The van der Waals surface area contributed by atoms with Crippen LogP contribution in [0.5, 0.6) is 0 Å². The monoisotopic (exact) mass is 282 g/mol. The standard InChI is InChI=1S/C12H15BrN2O/c1-12(2,3)10(14)11-15-8-6-4-5-7(13)9(8)16-11/h4-6,10H,14H2,1-3H3. The summed E-state index contributed by atoms with van der Waals surface area (Å²) in [4.78, 5) is 4.42. The summed E-state index contributed by atoms with van der Waals surface area (Å²) in [6.45, 7) is 6.21. The Balaban J connectivity index is 2.52. The Morgan fingerprint density at radius 3 is 2.62 bits per heavy atom. The number of aromatic nitrogens is 1. The van der Waals surface area contributed by atoms with Gasteiger partial charge in [-0.1, -0.05) is 26.8 Å². The number of hydrogen-bond acceptors (Lipinski definition) is 3. The van der Waals surface area contributed by atoms with Crippen molar-refractivity contribution in [1.29, 1.82) is 0 Å². The molecule has 1 aromatic carbocycles. The van der Waals surface area contributed by atoms with Gasteiger partial charge in [-0.2, -0.15) is 0 Å². The van der Waals surface area contributed by atoms with Gasteiger partial charge in [-0.3, -0.25) is 0 Å².